The average molecular weight is 586 g/mol. The molecule has 1 aliphatic rings. The van der Waals surface area contributed by atoms with E-state index in [4.69, 9.17) is 4.74 Å². The van der Waals surface area contributed by atoms with E-state index in [0.717, 1.165) is 50.0 Å². The number of ether oxygens (including phenoxy) is 1. The van der Waals surface area contributed by atoms with Crippen molar-refractivity contribution in [2.24, 2.45) is 0 Å². The predicted octanol–water partition coefficient (Wildman–Crippen LogP) is 4.64. The molecule has 3 aromatic rings. The van der Waals surface area contributed by atoms with Gasteiger partial charge in [-0.3, -0.25) is 0 Å². The third-order valence-corrected chi connectivity index (χ3v) is 10.1. The van der Waals surface area contributed by atoms with Gasteiger partial charge < -0.3 is 19.6 Å². The quantitative estimate of drug-likeness (QED) is 0.315. The molecule has 1 amide bonds. The number of benzene rings is 2. The van der Waals surface area contributed by atoms with Crippen molar-refractivity contribution in [1.29, 1.82) is 0 Å². The minimum Gasteiger partial charge on any atom is -0.445 e. The molecule has 1 atom stereocenters. The molecule has 0 bridgehead atoms. The number of amides is 1. The molecule has 0 saturated carbocycles. The first-order valence-corrected chi connectivity index (χ1v) is 16.1. The van der Waals surface area contributed by atoms with Gasteiger partial charge in [0.25, 0.3) is 0 Å². The number of rotatable bonds is 13. The van der Waals surface area contributed by atoms with Gasteiger partial charge in [0.1, 0.15) is 6.61 Å². The van der Waals surface area contributed by atoms with Crippen LogP contribution in [0.1, 0.15) is 36.3 Å². The Morgan fingerprint density at radius 1 is 1.07 bits per heavy atom. The maximum Gasteiger partial charge on any atom is 0.410 e. The summed E-state index contributed by atoms with van der Waals surface area (Å²) in [5.74, 6) is 0.0753. The summed E-state index contributed by atoms with van der Waals surface area (Å²) in [6, 6.07) is 20.2. The van der Waals surface area contributed by atoms with Crippen molar-refractivity contribution < 1.29 is 23.1 Å². The van der Waals surface area contributed by atoms with E-state index >= 15 is 0 Å². The van der Waals surface area contributed by atoms with Gasteiger partial charge in [0, 0.05) is 39.3 Å². The second-order valence-electron chi connectivity index (χ2n) is 10.2. The third kappa shape index (κ3) is 8.14. The van der Waals surface area contributed by atoms with Crippen LogP contribution in [0.25, 0.3) is 0 Å². The third-order valence-electron chi connectivity index (χ3n) is 7.52. The van der Waals surface area contributed by atoms with E-state index in [1.54, 1.807) is 47.5 Å². The molecular formula is C30H39N3O5S2. The molecule has 0 aliphatic carbocycles. The van der Waals surface area contributed by atoms with Gasteiger partial charge >= 0.3 is 6.09 Å². The molecule has 10 heteroatoms. The van der Waals surface area contributed by atoms with E-state index in [9.17, 15) is 18.3 Å². The zero-order valence-corrected chi connectivity index (χ0v) is 24.6. The molecule has 4 rings (SSSR count). The fourth-order valence-electron chi connectivity index (χ4n) is 5.18. The van der Waals surface area contributed by atoms with Crippen LogP contribution in [0.2, 0.25) is 0 Å². The molecule has 2 aromatic carbocycles. The minimum atomic E-state index is -3.57. The number of hydrogen-bond acceptors (Lipinski definition) is 7. The van der Waals surface area contributed by atoms with Crippen LogP contribution in [0.3, 0.4) is 0 Å². The summed E-state index contributed by atoms with van der Waals surface area (Å²) in [6.45, 7) is 3.25. The Labute approximate surface area is 241 Å². The Hall–Kier alpha value is -2.76. The SMILES string of the molecule is CN(C[C@@H](CCN1CCC(N(CCO)C(=O)OCc2ccccc2)CC1)c1ccsc1)S(=O)(=O)c1ccccc1. The first-order valence-electron chi connectivity index (χ1n) is 13.7. The van der Waals surface area contributed by atoms with Crippen LogP contribution >= 0.6 is 11.3 Å². The van der Waals surface area contributed by atoms with Crippen molar-refractivity contribution >= 4 is 27.5 Å². The van der Waals surface area contributed by atoms with Crippen LogP contribution in [0.15, 0.2) is 82.4 Å². The molecule has 1 aliphatic heterocycles. The summed E-state index contributed by atoms with van der Waals surface area (Å²) < 4.78 is 33.3. The van der Waals surface area contributed by atoms with Crippen molar-refractivity contribution in [2.45, 2.75) is 42.7 Å². The van der Waals surface area contributed by atoms with Crippen LogP contribution < -0.4 is 0 Å². The Morgan fingerprint density at radius 3 is 2.38 bits per heavy atom. The number of aliphatic hydroxyl groups is 1. The standard InChI is InChI=1S/C30H39N3O5S2/c1-31(40(36,37)29-10-6-3-7-11-29)22-26(27-15-21-39-24-27)12-16-32-17-13-28(14-18-32)33(19-20-34)30(35)38-23-25-8-4-2-5-9-25/h2-11,15,21,24,26,28,34H,12-14,16-20,22-23H2,1H3/t26-/m1/s1. The lowest BCUT2D eigenvalue weighted by atomic mass is 9.97. The highest BCUT2D eigenvalue weighted by molar-refractivity contribution is 7.89. The molecule has 1 N–H and O–H groups in total. The summed E-state index contributed by atoms with van der Waals surface area (Å²) in [5, 5.41) is 13.7. The van der Waals surface area contributed by atoms with E-state index in [1.807, 2.05) is 41.8 Å². The fourth-order valence-corrected chi connectivity index (χ4v) is 7.16. The fraction of sp³-hybridized carbons (Fsp3) is 0.433. The second kappa shape index (κ2) is 14.7. The molecule has 216 valence electrons. The molecule has 8 nitrogen and oxygen atoms in total. The van der Waals surface area contributed by atoms with Crippen LogP contribution in [0, 0.1) is 0 Å². The number of carbonyl (C=O) groups excluding carboxylic acids is 1. The van der Waals surface area contributed by atoms with Gasteiger partial charge in [-0.1, -0.05) is 48.5 Å². The van der Waals surface area contributed by atoms with Crippen molar-refractivity contribution in [2.75, 3.05) is 46.4 Å². The van der Waals surface area contributed by atoms with Gasteiger partial charge in [-0.2, -0.15) is 11.3 Å². The Morgan fingerprint density at radius 2 is 1.75 bits per heavy atom. The maximum absolute atomic E-state index is 13.1. The number of nitrogens with zero attached hydrogens (tertiary/aromatic N) is 3. The molecule has 0 unspecified atom stereocenters. The number of piperidine rings is 1. The van der Waals surface area contributed by atoms with Gasteiger partial charge in [-0.25, -0.2) is 17.5 Å². The zero-order valence-electron chi connectivity index (χ0n) is 23.0. The number of thiophene rings is 1. The smallest absolute Gasteiger partial charge is 0.410 e. The molecule has 0 spiro atoms. The van der Waals surface area contributed by atoms with Gasteiger partial charge in [0.2, 0.25) is 10.0 Å². The van der Waals surface area contributed by atoms with Crippen molar-refractivity contribution in [3.05, 3.63) is 88.6 Å². The molecule has 1 fully saturated rings. The van der Waals surface area contributed by atoms with Crippen molar-refractivity contribution in [3.8, 4) is 0 Å². The minimum absolute atomic E-state index is 0.0153. The number of hydrogen-bond donors (Lipinski definition) is 1. The summed E-state index contributed by atoms with van der Waals surface area (Å²) in [4.78, 5) is 17.2. The van der Waals surface area contributed by atoms with Gasteiger partial charge in [0.15, 0.2) is 0 Å². The normalized spacial score (nSPS) is 15.7. The largest absolute Gasteiger partial charge is 0.445 e. The van der Waals surface area contributed by atoms with E-state index in [2.05, 4.69) is 16.3 Å². The number of carbonyl (C=O) groups is 1. The first-order chi connectivity index (χ1) is 19.4. The number of likely N-dealkylation sites (tertiary alicyclic amines) is 1. The molecule has 1 aromatic heterocycles. The van der Waals surface area contributed by atoms with Crippen LogP contribution in [0.5, 0.6) is 0 Å². The summed E-state index contributed by atoms with van der Waals surface area (Å²) in [6.07, 6.45) is 2.03. The predicted molar refractivity (Wildman–Crippen MR) is 158 cm³/mol. The monoisotopic (exact) mass is 585 g/mol. The van der Waals surface area contributed by atoms with Gasteiger partial charge in [0.05, 0.1) is 11.5 Å². The van der Waals surface area contributed by atoms with Crippen LogP contribution in [-0.4, -0.2) is 86.1 Å². The number of aliphatic hydroxyl groups excluding tert-OH is 1. The molecule has 2 heterocycles. The van der Waals surface area contributed by atoms with Crippen molar-refractivity contribution in [3.63, 3.8) is 0 Å². The molecule has 1 saturated heterocycles. The maximum atomic E-state index is 13.1. The van der Waals surface area contributed by atoms with E-state index in [0.29, 0.717) is 11.4 Å². The lowest BCUT2D eigenvalue weighted by molar-refractivity contribution is 0.0521. The lowest BCUT2D eigenvalue weighted by Gasteiger charge is -2.38. The van der Waals surface area contributed by atoms with E-state index in [1.165, 1.54) is 4.31 Å². The second-order valence-corrected chi connectivity index (χ2v) is 13.0. The summed E-state index contributed by atoms with van der Waals surface area (Å²) >= 11 is 1.62. The number of likely N-dealkylation sites (N-methyl/N-ethyl adjacent to an activating group) is 1. The van der Waals surface area contributed by atoms with Gasteiger partial charge in [-0.15, -0.1) is 0 Å². The molecule has 40 heavy (non-hydrogen) atoms. The highest BCUT2D eigenvalue weighted by atomic mass is 32.2. The van der Waals surface area contributed by atoms with Crippen molar-refractivity contribution in [1.82, 2.24) is 14.1 Å². The summed E-state index contributed by atoms with van der Waals surface area (Å²) in [5.41, 5.74) is 2.09. The topological polar surface area (TPSA) is 90.4 Å². The van der Waals surface area contributed by atoms with E-state index in [-0.39, 0.29) is 31.7 Å². The van der Waals surface area contributed by atoms with E-state index < -0.39 is 16.1 Å². The molecule has 0 radical (unpaired) electrons. The average Bonchev–Trinajstić information content (AvgIpc) is 3.53. The number of sulfonamides is 1. The lowest BCUT2D eigenvalue weighted by Crippen LogP contribution is -2.48. The zero-order chi connectivity index (χ0) is 28.4. The first kappa shape index (κ1) is 30.2. The molecular weight excluding hydrogens is 546 g/mol. The highest BCUT2D eigenvalue weighted by Gasteiger charge is 2.30. The Bertz CT molecular complexity index is 1270. The van der Waals surface area contributed by atoms with Gasteiger partial charge in [-0.05, 0) is 71.8 Å². The summed E-state index contributed by atoms with van der Waals surface area (Å²) in [7, 11) is -1.92. The Kier molecular flexibility index (Phi) is 11.1. The Balaban J connectivity index is 1.30. The van der Waals surface area contributed by atoms with Crippen LogP contribution in [-0.2, 0) is 21.4 Å². The van der Waals surface area contributed by atoms with Crippen LogP contribution in [0.4, 0.5) is 4.79 Å². The highest BCUT2D eigenvalue weighted by Crippen LogP contribution is 2.27.